The second kappa shape index (κ2) is 4.77. The van der Waals surface area contributed by atoms with Gasteiger partial charge in [-0.1, -0.05) is 35.3 Å². The Morgan fingerprint density at radius 3 is 2.06 bits per heavy atom. The quantitative estimate of drug-likeness (QED) is 0.733. The van der Waals surface area contributed by atoms with Crippen molar-refractivity contribution in [1.82, 2.24) is 0 Å². The summed E-state index contributed by atoms with van der Waals surface area (Å²) in [7, 11) is 0. The smallest absolute Gasteiger partial charge is 0.129 e. The van der Waals surface area contributed by atoms with E-state index < -0.39 is 0 Å². The SMILES string of the molecule is [CH2]c1ccc(Oc2ccc(Cl)c(Cl)c2)cc1. The largest absolute Gasteiger partial charge is 0.457 e. The first kappa shape index (κ1) is 11.3. The van der Waals surface area contributed by atoms with Gasteiger partial charge in [-0.25, -0.2) is 0 Å². The van der Waals surface area contributed by atoms with Gasteiger partial charge in [0.25, 0.3) is 0 Å². The molecule has 1 nitrogen and oxygen atoms in total. The predicted molar refractivity (Wildman–Crippen MR) is 67.4 cm³/mol. The van der Waals surface area contributed by atoms with Crippen molar-refractivity contribution in [3.05, 3.63) is 65.0 Å². The third-order valence-corrected chi connectivity index (χ3v) is 2.79. The molecule has 3 heteroatoms. The first-order valence-electron chi connectivity index (χ1n) is 4.70. The van der Waals surface area contributed by atoms with E-state index in [-0.39, 0.29) is 0 Å². The average molecular weight is 252 g/mol. The molecular weight excluding hydrogens is 243 g/mol. The van der Waals surface area contributed by atoms with E-state index in [1.807, 2.05) is 24.3 Å². The maximum absolute atomic E-state index is 5.88. The summed E-state index contributed by atoms with van der Waals surface area (Å²) in [5.41, 5.74) is 0.946. The van der Waals surface area contributed by atoms with E-state index in [1.54, 1.807) is 18.2 Å². The Bertz CT molecular complexity index is 492. The zero-order valence-electron chi connectivity index (χ0n) is 8.41. The van der Waals surface area contributed by atoms with E-state index in [0.29, 0.717) is 15.8 Å². The molecule has 0 saturated carbocycles. The van der Waals surface area contributed by atoms with Crippen LogP contribution in [0.25, 0.3) is 0 Å². The highest BCUT2D eigenvalue weighted by Gasteiger charge is 2.01. The molecule has 0 aromatic heterocycles. The molecule has 0 aliphatic carbocycles. The van der Waals surface area contributed by atoms with Gasteiger partial charge in [0.15, 0.2) is 0 Å². The lowest BCUT2D eigenvalue weighted by Gasteiger charge is -2.06. The summed E-state index contributed by atoms with van der Waals surface area (Å²) in [6.45, 7) is 3.80. The second-order valence-electron chi connectivity index (χ2n) is 3.32. The van der Waals surface area contributed by atoms with Crippen molar-refractivity contribution in [3.8, 4) is 11.5 Å². The Hall–Kier alpha value is -1.18. The minimum absolute atomic E-state index is 0.480. The van der Waals surface area contributed by atoms with Crippen LogP contribution in [0.1, 0.15) is 5.56 Å². The lowest BCUT2D eigenvalue weighted by atomic mass is 10.2. The van der Waals surface area contributed by atoms with Gasteiger partial charge in [0.1, 0.15) is 11.5 Å². The van der Waals surface area contributed by atoms with Crippen molar-refractivity contribution >= 4 is 23.2 Å². The number of hydrogen-bond donors (Lipinski definition) is 0. The van der Waals surface area contributed by atoms with E-state index in [0.717, 1.165) is 11.3 Å². The maximum atomic E-state index is 5.88. The number of benzene rings is 2. The second-order valence-corrected chi connectivity index (χ2v) is 4.14. The molecule has 0 atom stereocenters. The summed E-state index contributed by atoms with van der Waals surface area (Å²) < 4.78 is 5.60. The van der Waals surface area contributed by atoms with Gasteiger partial charge in [-0.3, -0.25) is 0 Å². The van der Waals surface area contributed by atoms with Crippen molar-refractivity contribution in [2.45, 2.75) is 0 Å². The van der Waals surface area contributed by atoms with Crippen LogP contribution in [0.3, 0.4) is 0 Å². The zero-order chi connectivity index (χ0) is 11.5. The Labute approximate surface area is 105 Å². The van der Waals surface area contributed by atoms with Crippen molar-refractivity contribution < 1.29 is 4.74 Å². The lowest BCUT2D eigenvalue weighted by molar-refractivity contribution is 0.482. The number of halogens is 2. The fraction of sp³-hybridized carbons (Fsp3) is 0. The van der Waals surface area contributed by atoms with E-state index in [4.69, 9.17) is 27.9 Å². The zero-order valence-corrected chi connectivity index (χ0v) is 9.92. The van der Waals surface area contributed by atoms with Crippen LogP contribution in [0.2, 0.25) is 10.0 Å². The molecule has 81 valence electrons. The number of hydrogen-bond acceptors (Lipinski definition) is 1. The van der Waals surface area contributed by atoms with Gasteiger partial charge in [0, 0.05) is 6.07 Å². The monoisotopic (exact) mass is 251 g/mol. The van der Waals surface area contributed by atoms with E-state index in [9.17, 15) is 0 Å². The molecule has 2 aromatic carbocycles. The lowest BCUT2D eigenvalue weighted by Crippen LogP contribution is -1.84. The van der Waals surface area contributed by atoms with Crippen LogP contribution in [0.15, 0.2) is 42.5 Å². The van der Waals surface area contributed by atoms with Crippen LogP contribution in [0.4, 0.5) is 0 Å². The van der Waals surface area contributed by atoms with Crippen molar-refractivity contribution in [2.24, 2.45) is 0 Å². The van der Waals surface area contributed by atoms with E-state index in [1.165, 1.54) is 0 Å². The molecule has 0 bridgehead atoms. The molecule has 2 rings (SSSR count). The summed E-state index contributed by atoms with van der Waals surface area (Å²) in [6, 6.07) is 12.6. The Balaban J connectivity index is 2.20. The van der Waals surface area contributed by atoms with Crippen LogP contribution in [-0.2, 0) is 0 Å². The van der Waals surface area contributed by atoms with Crippen LogP contribution in [-0.4, -0.2) is 0 Å². The number of rotatable bonds is 2. The Morgan fingerprint density at radius 1 is 0.812 bits per heavy atom. The van der Waals surface area contributed by atoms with Gasteiger partial charge < -0.3 is 4.74 Å². The molecule has 0 aliphatic rings. The van der Waals surface area contributed by atoms with Crippen LogP contribution >= 0.6 is 23.2 Å². The van der Waals surface area contributed by atoms with Gasteiger partial charge in [-0.2, -0.15) is 0 Å². The molecule has 0 fully saturated rings. The van der Waals surface area contributed by atoms with E-state index >= 15 is 0 Å². The standard InChI is InChI=1S/C13H9Cl2O/c1-9-2-4-10(5-3-9)16-11-6-7-12(14)13(15)8-11/h2-8H,1H2. The Morgan fingerprint density at radius 2 is 1.44 bits per heavy atom. The van der Waals surface area contributed by atoms with Crippen molar-refractivity contribution in [2.75, 3.05) is 0 Å². The number of ether oxygens (including phenoxy) is 1. The van der Waals surface area contributed by atoms with Gasteiger partial charge >= 0.3 is 0 Å². The topological polar surface area (TPSA) is 9.23 Å². The minimum atomic E-state index is 0.480. The van der Waals surface area contributed by atoms with Crippen molar-refractivity contribution in [3.63, 3.8) is 0 Å². The molecule has 0 N–H and O–H groups in total. The highest BCUT2D eigenvalue weighted by atomic mass is 35.5. The summed E-state index contributed by atoms with van der Waals surface area (Å²) >= 11 is 11.7. The van der Waals surface area contributed by atoms with Gasteiger partial charge in [0.05, 0.1) is 10.0 Å². The average Bonchev–Trinajstić information content (AvgIpc) is 2.27. The predicted octanol–water partition coefficient (Wildman–Crippen LogP) is 4.97. The molecule has 0 aliphatic heterocycles. The molecule has 1 radical (unpaired) electrons. The molecule has 2 aromatic rings. The molecule has 0 heterocycles. The first-order chi connectivity index (χ1) is 7.65. The van der Waals surface area contributed by atoms with E-state index in [2.05, 4.69) is 6.92 Å². The first-order valence-corrected chi connectivity index (χ1v) is 5.46. The summed E-state index contributed by atoms with van der Waals surface area (Å²) in [4.78, 5) is 0. The minimum Gasteiger partial charge on any atom is -0.457 e. The fourth-order valence-corrected chi connectivity index (χ4v) is 1.52. The van der Waals surface area contributed by atoms with Crippen molar-refractivity contribution in [1.29, 1.82) is 0 Å². The Kier molecular flexibility index (Phi) is 3.37. The highest BCUT2D eigenvalue weighted by Crippen LogP contribution is 2.29. The molecular formula is C13H9Cl2O. The summed E-state index contributed by atoms with van der Waals surface area (Å²) in [5, 5.41) is 0.995. The normalized spacial score (nSPS) is 10.2. The third kappa shape index (κ3) is 2.69. The van der Waals surface area contributed by atoms with Gasteiger partial charge in [-0.05, 0) is 36.8 Å². The fourth-order valence-electron chi connectivity index (χ4n) is 1.23. The maximum Gasteiger partial charge on any atom is 0.129 e. The summed E-state index contributed by atoms with van der Waals surface area (Å²) in [5.74, 6) is 1.40. The van der Waals surface area contributed by atoms with Gasteiger partial charge in [-0.15, -0.1) is 0 Å². The molecule has 0 spiro atoms. The van der Waals surface area contributed by atoms with Crippen LogP contribution < -0.4 is 4.74 Å². The van der Waals surface area contributed by atoms with Gasteiger partial charge in [0.2, 0.25) is 0 Å². The van der Waals surface area contributed by atoms with Crippen LogP contribution in [0.5, 0.6) is 11.5 Å². The molecule has 0 unspecified atom stereocenters. The van der Waals surface area contributed by atoms with Crippen LogP contribution in [0, 0.1) is 6.92 Å². The third-order valence-electron chi connectivity index (χ3n) is 2.05. The molecule has 0 saturated heterocycles. The highest BCUT2D eigenvalue weighted by molar-refractivity contribution is 6.42. The molecule has 16 heavy (non-hydrogen) atoms. The molecule has 0 amide bonds. The summed E-state index contributed by atoms with van der Waals surface area (Å²) in [6.07, 6.45) is 0.